The Morgan fingerprint density at radius 1 is 1.18 bits per heavy atom. The second-order valence-electron chi connectivity index (χ2n) is 5.76. The summed E-state index contributed by atoms with van der Waals surface area (Å²) < 4.78 is 5.04. The predicted molar refractivity (Wildman–Crippen MR) is 99.7 cm³/mol. The van der Waals surface area contributed by atoms with Gasteiger partial charge in [-0.25, -0.2) is 0 Å². The summed E-state index contributed by atoms with van der Waals surface area (Å²) in [6.45, 7) is -0.200. The van der Waals surface area contributed by atoms with Gasteiger partial charge in [-0.2, -0.15) is 5.26 Å². The number of non-ortho nitro benzene ring substituents is 1. The molecule has 0 aliphatic heterocycles. The minimum absolute atomic E-state index is 0.0727. The molecule has 9 nitrogen and oxygen atoms in total. The lowest BCUT2D eigenvalue weighted by Crippen LogP contribution is -2.48. The van der Waals surface area contributed by atoms with Crippen LogP contribution in [0.4, 0.5) is 5.69 Å². The van der Waals surface area contributed by atoms with Gasteiger partial charge in [-0.05, 0) is 29.8 Å². The Bertz CT molecular complexity index is 888. The standard InChI is InChI=1S/C19H18N4O5/c1-28-16-8-4-14(5-9-16)18(24)22-17(19(25)21-11-10-20)12-13-2-6-15(7-3-13)23(26)27/h2-9,17H,11-12H2,1H3,(H,21,25)(H,22,24)/t17-/m0/s1. The fourth-order valence-electron chi connectivity index (χ4n) is 2.43. The fraction of sp³-hybridized carbons (Fsp3) is 0.211. The van der Waals surface area contributed by atoms with Gasteiger partial charge in [0.1, 0.15) is 18.3 Å². The highest BCUT2D eigenvalue weighted by atomic mass is 16.6. The number of methoxy groups -OCH3 is 1. The maximum absolute atomic E-state index is 12.5. The molecule has 0 radical (unpaired) electrons. The van der Waals surface area contributed by atoms with Gasteiger partial charge in [0.15, 0.2) is 0 Å². The molecule has 0 saturated carbocycles. The largest absolute Gasteiger partial charge is 0.497 e. The number of carbonyl (C=O) groups is 2. The maximum Gasteiger partial charge on any atom is 0.269 e. The van der Waals surface area contributed by atoms with Gasteiger partial charge in [-0.15, -0.1) is 0 Å². The number of nitro groups is 1. The van der Waals surface area contributed by atoms with Crippen molar-refractivity contribution in [3.63, 3.8) is 0 Å². The number of benzene rings is 2. The third-order valence-corrected chi connectivity index (χ3v) is 3.90. The number of hydrogen-bond acceptors (Lipinski definition) is 6. The summed E-state index contributed by atoms with van der Waals surface area (Å²) in [5.74, 6) is -0.408. The van der Waals surface area contributed by atoms with Gasteiger partial charge in [0, 0.05) is 24.1 Å². The van der Waals surface area contributed by atoms with E-state index in [1.807, 2.05) is 0 Å². The van der Waals surface area contributed by atoms with E-state index in [4.69, 9.17) is 10.00 Å². The number of rotatable bonds is 8. The summed E-state index contributed by atoms with van der Waals surface area (Å²) in [5.41, 5.74) is 0.886. The molecule has 2 amide bonds. The molecule has 0 aliphatic carbocycles. The van der Waals surface area contributed by atoms with Crippen molar-refractivity contribution >= 4 is 17.5 Å². The zero-order valence-corrected chi connectivity index (χ0v) is 15.0. The number of nitriles is 1. The van der Waals surface area contributed by atoms with E-state index in [0.29, 0.717) is 16.9 Å². The van der Waals surface area contributed by atoms with E-state index in [1.165, 1.54) is 31.4 Å². The highest BCUT2D eigenvalue weighted by Gasteiger charge is 2.22. The molecule has 0 aliphatic rings. The van der Waals surface area contributed by atoms with Crippen molar-refractivity contribution in [2.24, 2.45) is 0 Å². The first-order valence-corrected chi connectivity index (χ1v) is 8.27. The van der Waals surface area contributed by atoms with E-state index in [-0.39, 0.29) is 18.7 Å². The summed E-state index contributed by atoms with van der Waals surface area (Å²) in [7, 11) is 1.51. The lowest BCUT2D eigenvalue weighted by Gasteiger charge is -2.18. The summed E-state index contributed by atoms with van der Waals surface area (Å²) >= 11 is 0. The molecular weight excluding hydrogens is 364 g/mol. The molecule has 2 aromatic carbocycles. The maximum atomic E-state index is 12.5. The van der Waals surface area contributed by atoms with Crippen LogP contribution in [0, 0.1) is 21.4 Å². The van der Waals surface area contributed by atoms with Crippen LogP contribution in [0.5, 0.6) is 5.75 Å². The molecule has 2 aromatic rings. The van der Waals surface area contributed by atoms with E-state index < -0.39 is 22.8 Å². The molecule has 2 N–H and O–H groups in total. The Kier molecular flexibility index (Phi) is 7.05. The second kappa shape index (κ2) is 9.68. The van der Waals surface area contributed by atoms with E-state index in [9.17, 15) is 19.7 Å². The van der Waals surface area contributed by atoms with Crippen LogP contribution in [0.2, 0.25) is 0 Å². The summed E-state index contributed by atoms with van der Waals surface area (Å²) in [6, 6.07) is 12.9. The molecule has 0 bridgehead atoms. The Hall–Kier alpha value is -3.93. The predicted octanol–water partition coefficient (Wildman–Crippen LogP) is 1.58. The average Bonchev–Trinajstić information content (AvgIpc) is 2.71. The van der Waals surface area contributed by atoms with E-state index in [2.05, 4.69) is 10.6 Å². The van der Waals surface area contributed by atoms with Gasteiger partial charge in [0.25, 0.3) is 11.6 Å². The van der Waals surface area contributed by atoms with Crippen molar-refractivity contribution in [3.8, 4) is 11.8 Å². The van der Waals surface area contributed by atoms with Crippen LogP contribution in [-0.4, -0.2) is 36.4 Å². The van der Waals surface area contributed by atoms with Crippen LogP contribution < -0.4 is 15.4 Å². The zero-order chi connectivity index (χ0) is 20.5. The number of nitrogens with zero attached hydrogens (tertiary/aromatic N) is 2. The van der Waals surface area contributed by atoms with Crippen LogP contribution in [0.1, 0.15) is 15.9 Å². The van der Waals surface area contributed by atoms with Gasteiger partial charge >= 0.3 is 0 Å². The molecule has 0 fully saturated rings. The zero-order valence-electron chi connectivity index (χ0n) is 15.0. The Morgan fingerprint density at radius 3 is 2.36 bits per heavy atom. The third kappa shape index (κ3) is 5.54. The number of nitro benzene ring substituents is 1. The molecule has 28 heavy (non-hydrogen) atoms. The molecule has 0 spiro atoms. The van der Waals surface area contributed by atoms with Crippen molar-refractivity contribution in [2.45, 2.75) is 12.5 Å². The van der Waals surface area contributed by atoms with E-state index >= 15 is 0 Å². The van der Waals surface area contributed by atoms with Gasteiger partial charge in [0.05, 0.1) is 18.1 Å². The highest BCUT2D eigenvalue weighted by Crippen LogP contribution is 2.14. The van der Waals surface area contributed by atoms with Crippen molar-refractivity contribution < 1.29 is 19.2 Å². The Labute approximate surface area is 161 Å². The van der Waals surface area contributed by atoms with Crippen LogP contribution in [-0.2, 0) is 11.2 Å². The topological polar surface area (TPSA) is 134 Å². The van der Waals surface area contributed by atoms with Crippen molar-refractivity contribution in [2.75, 3.05) is 13.7 Å². The SMILES string of the molecule is COc1ccc(C(=O)N[C@@H](Cc2ccc([N+](=O)[O-])cc2)C(=O)NCC#N)cc1. The minimum atomic E-state index is -0.954. The molecule has 0 heterocycles. The van der Waals surface area contributed by atoms with Crippen LogP contribution in [0.3, 0.4) is 0 Å². The molecule has 0 aromatic heterocycles. The number of hydrogen-bond donors (Lipinski definition) is 2. The van der Waals surface area contributed by atoms with E-state index in [0.717, 1.165) is 0 Å². The first-order valence-electron chi connectivity index (χ1n) is 8.27. The summed E-state index contributed by atoms with van der Waals surface area (Å²) in [5, 5.41) is 24.4. The summed E-state index contributed by atoms with van der Waals surface area (Å²) in [4.78, 5) is 35.1. The molecule has 2 rings (SSSR count). The second-order valence-corrected chi connectivity index (χ2v) is 5.76. The van der Waals surface area contributed by atoms with Crippen LogP contribution in [0.25, 0.3) is 0 Å². The summed E-state index contributed by atoms with van der Waals surface area (Å²) in [6.07, 6.45) is 0.108. The molecular formula is C19H18N4O5. The highest BCUT2D eigenvalue weighted by molar-refractivity contribution is 5.97. The lowest BCUT2D eigenvalue weighted by molar-refractivity contribution is -0.384. The fourth-order valence-corrected chi connectivity index (χ4v) is 2.43. The Morgan fingerprint density at radius 2 is 1.82 bits per heavy atom. The monoisotopic (exact) mass is 382 g/mol. The molecule has 9 heteroatoms. The van der Waals surface area contributed by atoms with Crippen LogP contribution in [0.15, 0.2) is 48.5 Å². The minimum Gasteiger partial charge on any atom is -0.497 e. The molecule has 1 atom stereocenters. The quantitative estimate of drug-likeness (QED) is 0.404. The Balaban J connectivity index is 2.15. The normalized spacial score (nSPS) is 11.0. The van der Waals surface area contributed by atoms with Crippen molar-refractivity contribution in [3.05, 3.63) is 69.8 Å². The van der Waals surface area contributed by atoms with E-state index in [1.54, 1.807) is 30.3 Å². The van der Waals surface area contributed by atoms with Gasteiger partial charge in [-0.3, -0.25) is 19.7 Å². The van der Waals surface area contributed by atoms with Crippen molar-refractivity contribution in [1.29, 1.82) is 5.26 Å². The molecule has 0 saturated heterocycles. The number of nitrogens with one attached hydrogen (secondary N) is 2. The average molecular weight is 382 g/mol. The van der Waals surface area contributed by atoms with Gasteiger partial charge in [0.2, 0.25) is 5.91 Å². The van der Waals surface area contributed by atoms with Crippen molar-refractivity contribution in [1.82, 2.24) is 10.6 Å². The third-order valence-electron chi connectivity index (χ3n) is 3.90. The number of carbonyl (C=O) groups excluding carboxylic acids is 2. The molecule has 0 unspecified atom stereocenters. The van der Waals surface area contributed by atoms with Gasteiger partial charge < -0.3 is 15.4 Å². The number of amides is 2. The molecule has 144 valence electrons. The first-order chi connectivity index (χ1) is 13.4. The smallest absolute Gasteiger partial charge is 0.269 e. The lowest BCUT2D eigenvalue weighted by atomic mass is 10.0. The van der Waals surface area contributed by atoms with Gasteiger partial charge in [-0.1, -0.05) is 12.1 Å². The first kappa shape index (κ1) is 20.4. The number of ether oxygens (including phenoxy) is 1. The van der Waals surface area contributed by atoms with Crippen LogP contribution >= 0.6 is 0 Å².